The number of carbonyl (C=O) groups is 1. The molecular formula is C18H15FN4O2. The number of fused-ring (bicyclic) bond motifs is 1. The topological polar surface area (TPSA) is 69.0 Å². The van der Waals surface area contributed by atoms with Gasteiger partial charge in [0, 0.05) is 37.1 Å². The Balaban J connectivity index is 1.35. The number of carbonyl (C=O) groups excluding carboxylic acids is 1. The number of nitrogens with one attached hydrogen (secondary N) is 1. The number of pyridine rings is 1. The minimum absolute atomic E-state index is 0.229. The van der Waals surface area contributed by atoms with E-state index in [1.54, 1.807) is 23.1 Å². The van der Waals surface area contributed by atoms with Crippen LogP contribution in [0, 0.1) is 5.82 Å². The van der Waals surface area contributed by atoms with E-state index in [0.717, 1.165) is 5.56 Å². The van der Waals surface area contributed by atoms with Gasteiger partial charge in [-0.15, -0.1) is 0 Å². The van der Waals surface area contributed by atoms with Gasteiger partial charge in [-0.1, -0.05) is 6.07 Å². The van der Waals surface area contributed by atoms with Gasteiger partial charge in [0.15, 0.2) is 11.9 Å². The zero-order valence-corrected chi connectivity index (χ0v) is 13.2. The first kappa shape index (κ1) is 15.3. The van der Waals surface area contributed by atoms with Crippen molar-refractivity contribution in [1.82, 2.24) is 20.1 Å². The van der Waals surface area contributed by atoms with Crippen molar-refractivity contribution in [1.29, 1.82) is 0 Å². The van der Waals surface area contributed by atoms with Gasteiger partial charge in [0.2, 0.25) is 0 Å². The van der Waals surface area contributed by atoms with E-state index in [-0.39, 0.29) is 11.7 Å². The van der Waals surface area contributed by atoms with Crippen LogP contribution in [0.5, 0.6) is 5.75 Å². The van der Waals surface area contributed by atoms with Gasteiger partial charge in [-0.2, -0.15) is 5.10 Å². The first-order valence-corrected chi connectivity index (χ1v) is 7.87. The standard InChI is InChI=1S/C18H15FN4O2/c19-14-3-4-15-13(8-14)9-16(25-15)18(24)21-11-12-2-5-17(20-10-12)23-7-1-6-22-23/h1-8,10,16H,9,11H2,(H,21,24). The van der Waals surface area contributed by atoms with Crippen molar-refractivity contribution in [3.8, 4) is 11.6 Å². The van der Waals surface area contributed by atoms with Crippen LogP contribution in [0.3, 0.4) is 0 Å². The van der Waals surface area contributed by atoms with E-state index in [2.05, 4.69) is 15.4 Å². The third kappa shape index (κ3) is 3.21. The molecule has 1 amide bonds. The molecule has 1 atom stereocenters. The maximum atomic E-state index is 13.2. The van der Waals surface area contributed by atoms with Crippen molar-refractivity contribution in [2.45, 2.75) is 19.1 Å². The Hall–Kier alpha value is -3.22. The summed E-state index contributed by atoms with van der Waals surface area (Å²) < 4.78 is 20.5. The van der Waals surface area contributed by atoms with Gasteiger partial charge in [-0.3, -0.25) is 4.79 Å². The maximum Gasteiger partial charge on any atom is 0.261 e. The molecule has 0 bridgehead atoms. The Morgan fingerprint density at radius 3 is 3.04 bits per heavy atom. The van der Waals surface area contributed by atoms with Crippen molar-refractivity contribution >= 4 is 5.91 Å². The van der Waals surface area contributed by atoms with Crippen molar-refractivity contribution < 1.29 is 13.9 Å². The van der Waals surface area contributed by atoms with Crippen molar-refractivity contribution in [3.63, 3.8) is 0 Å². The zero-order valence-electron chi connectivity index (χ0n) is 13.2. The summed E-state index contributed by atoms with van der Waals surface area (Å²) in [6.07, 6.45) is 4.92. The highest BCUT2D eigenvalue weighted by Gasteiger charge is 2.29. The minimum Gasteiger partial charge on any atom is -0.480 e. The van der Waals surface area contributed by atoms with Gasteiger partial charge in [0.1, 0.15) is 11.6 Å². The fourth-order valence-corrected chi connectivity index (χ4v) is 2.73. The lowest BCUT2D eigenvalue weighted by Crippen LogP contribution is -2.37. The van der Waals surface area contributed by atoms with Gasteiger partial charge >= 0.3 is 0 Å². The molecule has 25 heavy (non-hydrogen) atoms. The lowest BCUT2D eigenvalue weighted by atomic mass is 10.1. The predicted molar refractivity (Wildman–Crippen MR) is 87.7 cm³/mol. The SMILES string of the molecule is O=C(NCc1ccc(-n2cccn2)nc1)C1Cc2cc(F)ccc2O1. The minimum atomic E-state index is -0.631. The molecule has 1 aromatic carbocycles. The number of hydrogen-bond donors (Lipinski definition) is 1. The first-order chi connectivity index (χ1) is 12.2. The average molecular weight is 338 g/mol. The van der Waals surface area contributed by atoms with E-state index in [0.29, 0.717) is 30.1 Å². The molecule has 0 saturated heterocycles. The summed E-state index contributed by atoms with van der Waals surface area (Å²) in [4.78, 5) is 16.6. The van der Waals surface area contributed by atoms with Crippen LogP contribution in [0.4, 0.5) is 4.39 Å². The molecule has 1 aliphatic heterocycles. The Morgan fingerprint density at radius 2 is 2.28 bits per heavy atom. The molecule has 0 saturated carbocycles. The Kier molecular flexibility index (Phi) is 3.89. The summed E-state index contributed by atoms with van der Waals surface area (Å²) in [7, 11) is 0. The highest BCUT2D eigenvalue weighted by atomic mass is 19.1. The van der Waals surface area contributed by atoms with Crippen LogP contribution in [-0.2, 0) is 17.8 Å². The molecule has 4 rings (SSSR count). The molecule has 1 aliphatic rings. The van der Waals surface area contributed by atoms with Crippen LogP contribution in [0.1, 0.15) is 11.1 Å². The van der Waals surface area contributed by atoms with E-state index in [4.69, 9.17) is 4.74 Å². The van der Waals surface area contributed by atoms with Crippen LogP contribution in [-0.4, -0.2) is 26.8 Å². The largest absolute Gasteiger partial charge is 0.480 e. The molecule has 1 N–H and O–H groups in total. The van der Waals surface area contributed by atoms with E-state index < -0.39 is 6.10 Å². The monoisotopic (exact) mass is 338 g/mol. The molecule has 7 heteroatoms. The molecule has 3 heterocycles. The van der Waals surface area contributed by atoms with Crippen molar-refractivity contribution in [2.75, 3.05) is 0 Å². The van der Waals surface area contributed by atoms with E-state index in [1.165, 1.54) is 12.1 Å². The van der Waals surface area contributed by atoms with Crippen LogP contribution in [0.15, 0.2) is 55.0 Å². The lowest BCUT2D eigenvalue weighted by molar-refractivity contribution is -0.127. The summed E-state index contributed by atoms with van der Waals surface area (Å²) in [6.45, 7) is 0.343. The number of amides is 1. The fraction of sp³-hybridized carbons (Fsp3) is 0.167. The second-order valence-corrected chi connectivity index (χ2v) is 5.76. The van der Waals surface area contributed by atoms with Crippen LogP contribution in [0.25, 0.3) is 5.82 Å². The quantitative estimate of drug-likeness (QED) is 0.790. The summed E-state index contributed by atoms with van der Waals surface area (Å²) in [6, 6.07) is 9.81. The number of halogens is 1. The molecule has 1 unspecified atom stereocenters. The van der Waals surface area contributed by atoms with Gasteiger partial charge in [0.25, 0.3) is 5.91 Å². The predicted octanol–water partition coefficient (Wildman–Crippen LogP) is 2.03. The van der Waals surface area contributed by atoms with E-state index in [1.807, 2.05) is 24.4 Å². The van der Waals surface area contributed by atoms with E-state index in [9.17, 15) is 9.18 Å². The highest BCUT2D eigenvalue weighted by Crippen LogP contribution is 2.29. The van der Waals surface area contributed by atoms with Crippen LogP contribution >= 0.6 is 0 Å². The molecule has 126 valence electrons. The fourth-order valence-electron chi connectivity index (χ4n) is 2.73. The molecule has 0 spiro atoms. The number of aromatic nitrogens is 3. The van der Waals surface area contributed by atoms with Gasteiger partial charge < -0.3 is 10.1 Å². The number of ether oxygens (including phenoxy) is 1. The third-order valence-corrected chi connectivity index (χ3v) is 4.00. The molecule has 0 fully saturated rings. The molecule has 0 radical (unpaired) electrons. The highest BCUT2D eigenvalue weighted by molar-refractivity contribution is 5.82. The molecule has 3 aromatic rings. The third-order valence-electron chi connectivity index (χ3n) is 4.00. The Labute approximate surface area is 143 Å². The van der Waals surface area contributed by atoms with Crippen molar-refractivity contribution in [3.05, 3.63) is 71.9 Å². The Morgan fingerprint density at radius 1 is 1.36 bits per heavy atom. The van der Waals surface area contributed by atoms with Gasteiger partial charge in [0.05, 0.1) is 0 Å². The average Bonchev–Trinajstić information content (AvgIpc) is 3.29. The zero-order chi connectivity index (χ0) is 17.2. The van der Waals surface area contributed by atoms with Crippen LogP contribution in [0.2, 0.25) is 0 Å². The smallest absolute Gasteiger partial charge is 0.261 e. The maximum absolute atomic E-state index is 13.2. The van der Waals surface area contributed by atoms with Gasteiger partial charge in [-0.25, -0.2) is 14.1 Å². The summed E-state index contributed by atoms with van der Waals surface area (Å²) in [5.74, 6) is 0.711. The second kappa shape index (κ2) is 6.35. The molecule has 6 nitrogen and oxygen atoms in total. The van der Waals surface area contributed by atoms with Crippen LogP contribution < -0.4 is 10.1 Å². The molecular weight excluding hydrogens is 323 g/mol. The van der Waals surface area contributed by atoms with Crippen molar-refractivity contribution in [2.24, 2.45) is 0 Å². The Bertz CT molecular complexity index is 894. The first-order valence-electron chi connectivity index (χ1n) is 7.87. The summed E-state index contributed by atoms with van der Waals surface area (Å²) in [5, 5.41) is 6.93. The summed E-state index contributed by atoms with van der Waals surface area (Å²) in [5.41, 5.74) is 1.58. The second-order valence-electron chi connectivity index (χ2n) is 5.76. The lowest BCUT2D eigenvalue weighted by Gasteiger charge is -2.11. The number of rotatable bonds is 4. The normalized spacial score (nSPS) is 15.5. The number of nitrogens with zero attached hydrogens (tertiary/aromatic N) is 3. The molecule has 2 aromatic heterocycles. The number of hydrogen-bond acceptors (Lipinski definition) is 4. The van der Waals surface area contributed by atoms with Gasteiger partial charge in [-0.05, 0) is 35.9 Å². The number of benzene rings is 1. The van der Waals surface area contributed by atoms with E-state index >= 15 is 0 Å². The summed E-state index contributed by atoms with van der Waals surface area (Å²) >= 11 is 0. The molecule has 0 aliphatic carbocycles.